The summed E-state index contributed by atoms with van der Waals surface area (Å²) >= 11 is 0. The first-order valence-electron chi connectivity index (χ1n) is 8.70. The Morgan fingerprint density at radius 3 is 2.44 bits per heavy atom. The summed E-state index contributed by atoms with van der Waals surface area (Å²) in [4.78, 5) is 26.6. The molecule has 0 radical (unpaired) electrons. The number of carbonyl (C=O) groups excluding carboxylic acids is 2. The number of anilines is 2. The molecule has 0 spiro atoms. The molecule has 1 N–H and O–H groups in total. The number of nitrogens with zero attached hydrogens (tertiary/aromatic N) is 1. The van der Waals surface area contributed by atoms with Crippen LogP contribution in [0.3, 0.4) is 0 Å². The Morgan fingerprint density at radius 2 is 1.78 bits per heavy atom. The summed E-state index contributed by atoms with van der Waals surface area (Å²) in [6.07, 6.45) is -0.159. The highest BCUT2D eigenvalue weighted by molar-refractivity contribution is 7.92. The molecule has 3 rings (SSSR count). The van der Waals surface area contributed by atoms with Crippen LogP contribution in [0.2, 0.25) is 0 Å². The van der Waals surface area contributed by atoms with E-state index in [0.717, 1.165) is 11.1 Å². The lowest BCUT2D eigenvalue weighted by atomic mass is 10.1. The van der Waals surface area contributed by atoms with Crippen molar-refractivity contribution in [3.05, 3.63) is 53.6 Å². The van der Waals surface area contributed by atoms with Crippen LogP contribution in [0.15, 0.2) is 47.4 Å². The molecule has 6 nitrogen and oxygen atoms in total. The van der Waals surface area contributed by atoms with Gasteiger partial charge < -0.3 is 10.2 Å². The Hall–Kier alpha value is -2.67. The molecule has 2 aromatic carbocycles. The summed E-state index contributed by atoms with van der Waals surface area (Å²) in [5.74, 6) is -0.762. The van der Waals surface area contributed by atoms with E-state index in [1.807, 2.05) is 32.0 Å². The molecule has 0 bridgehead atoms. The van der Waals surface area contributed by atoms with Crippen LogP contribution in [0.1, 0.15) is 24.5 Å². The average Bonchev–Trinajstić information content (AvgIpc) is 2.64. The third-order valence-electron chi connectivity index (χ3n) is 4.56. The summed E-state index contributed by atoms with van der Waals surface area (Å²) < 4.78 is 25.4. The third-order valence-corrected chi connectivity index (χ3v) is 6.75. The van der Waals surface area contributed by atoms with E-state index in [1.54, 1.807) is 18.2 Å². The summed E-state index contributed by atoms with van der Waals surface area (Å²) in [5.41, 5.74) is 2.93. The van der Waals surface area contributed by atoms with Crippen LogP contribution in [0.25, 0.3) is 0 Å². The monoisotopic (exact) mass is 386 g/mol. The van der Waals surface area contributed by atoms with Crippen molar-refractivity contribution in [2.45, 2.75) is 37.3 Å². The second-order valence-electron chi connectivity index (χ2n) is 6.93. The molecule has 7 heteroatoms. The fourth-order valence-electron chi connectivity index (χ4n) is 3.30. The van der Waals surface area contributed by atoms with E-state index >= 15 is 0 Å². The molecule has 0 aliphatic carbocycles. The quantitative estimate of drug-likeness (QED) is 0.879. The number of carbonyl (C=O) groups is 2. The van der Waals surface area contributed by atoms with Gasteiger partial charge in [0.2, 0.25) is 11.8 Å². The fraction of sp³-hybridized carbons (Fsp3) is 0.300. The van der Waals surface area contributed by atoms with E-state index in [9.17, 15) is 18.0 Å². The van der Waals surface area contributed by atoms with Gasteiger partial charge in [-0.25, -0.2) is 8.42 Å². The van der Waals surface area contributed by atoms with Crippen molar-refractivity contribution in [2.75, 3.05) is 16.8 Å². The van der Waals surface area contributed by atoms with Crippen LogP contribution in [0.5, 0.6) is 0 Å². The van der Waals surface area contributed by atoms with Gasteiger partial charge in [0.05, 0.1) is 15.8 Å². The Balaban J connectivity index is 1.91. The topological polar surface area (TPSA) is 83.6 Å². The largest absolute Gasteiger partial charge is 0.325 e. The van der Waals surface area contributed by atoms with Crippen molar-refractivity contribution in [3.8, 4) is 0 Å². The number of nitrogens with one attached hydrogen (secondary N) is 1. The predicted octanol–water partition coefficient (Wildman–Crippen LogP) is 2.84. The standard InChI is InChI=1S/C20H22N2O4S/c1-13-8-14(2)10-16(9-13)21-19(23)12-22-17-6-4-5-7-18(17)27(25,26)15(3)11-20(22)24/h4-10,15H,11-12H2,1-3H3,(H,21,23). The van der Waals surface area contributed by atoms with E-state index in [-0.39, 0.29) is 35.4 Å². The van der Waals surface area contributed by atoms with E-state index in [4.69, 9.17) is 0 Å². The van der Waals surface area contributed by atoms with Crippen molar-refractivity contribution >= 4 is 33.0 Å². The first-order valence-corrected chi connectivity index (χ1v) is 10.2. The number of para-hydroxylation sites is 1. The van der Waals surface area contributed by atoms with Crippen LogP contribution in [-0.2, 0) is 19.4 Å². The Bertz CT molecular complexity index is 994. The van der Waals surface area contributed by atoms with Gasteiger partial charge >= 0.3 is 0 Å². The molecule has 2 aromatic rings. The lowest BCUT2D eigenvalue weighted by molar-refractivity contribution is -0.121. The van der Waals surface area contributed by atoms with Gasteiger partial charge in [0.1, 0.15) is 6.54 Å². The zero-order valence-electron chi connectivity index (χ0n) is 15.5. The van der Waals surface area contributed by atoms with E-state index in [2.05, 4.69) is 5.32 Å². The van der Waals surface area contributed by atoms with Gasteiger partial charge in [-0.15, -0.1) is 0 Å². The molecule has 1 aliphatic heterocycles. The maximum atomic E-state index is 12.7. The van der Waals surface area contributed by atoms with Crippen molar-refractivity contribution in [3.63, 3.8) is 0 Å². The van der Waals surface area contributed by atoms with Crippen LogP contribution < -0.4 is 10.2 Å². The smallest absolute Gasteiger partial charge is 0.244 e. The highest BCUT2D eigenvalue weighted by Gasteiger charge is 2.36. The maximum absolute atomic E-state index is 12.7. The number of amides is 2. The molecule has 0 aromatic heterocycles. The van der Waals surface area contributed by atoms with Crippen molar-refractivity contribution in [2.24, 2.45) is 0 Å². The van der Waals surface area contributed by atoms with Crippen LogP contribution >= 0.6 is 0 Å². The molecule has 2 amide bonds. The average molecular weight is 386 g/mol. The predicted molar refractivity (Wildman–Crippen MR) is 105 cm³/mol. The van der Waals surface area contributed by atoms with Gasteiger partial charge in [0.15, 0.2) is 9.84 Å². The van der Waals surface area contributed by atoms with Gasteiger partial charge in [0.25, 0.3) is 0 Å². The summed E-state index contributed by atoms with van der Waals surface area (Å²) in [6, 6.07) is 12.0. The first kappa shape index (κ1) is 19.1. The fourth-order valence-corrected chi connectivity index (χ4v) is 4.84. The van der Waals surface area contributed by atoms with Gasteiger partial charge in [-0.1, -0.05) is 18.2 Å². The minimum atomic E-state index is -3.62. The van der Waals surface area contributed by atoms with E-state index in [1.165, 1.54) is 17.9 Å². The first-order chi connectivity index (χ1) is 12.7. The second-order valence-corrected chi connectivity index (χ2v) is 9.27. The number of hydrogen-bond donors (Lipinski definition) is 1. The van der Waals surface area contributed by atoms with Gasteiger partial charge in [-0.2, -0.15) is 0 Å². The van der Waals surface area contributed by atoms with Gasteiger partial charge in [-0.05, 0) is 56.2 Å². The SMILES string of the molecule is Cc1cc(C)cc(NC(=O)CN2C(=O)CC(C)S(=O)(=O)c3ccccc32)c1. The zero-order chi connectivity index (χ0) is 19.8. The molecule has 1 aliphatic rings. The normalized spacial score (nSPS) is 18.6. The zero-order valence-corrected chi connectivity index (χ0v) is 16.3. The second kappa shape index (κ2) is 7.15. The van der Waals surface area contributed by atoms with Crippen LogP contribution in [-0.4, -0.2) is 32.0 Å². The molecule has 1 atom stereocenters. The highest BCUT2D eigenvalue weighted by atomic mass is 32.2. The van der Waals surface area contributed by atoms with Crippen molar-refractivity contribution in [1.29, 1.82) is 0 Å². The summed E-state index contributed by atoms with van der Waals surface area (Å²) in [6.45, 7) is 5.14. The lowest BCUT2D eigenvalue weighted by Crippen LogP contribution is -2.38. The lowest BCUT2D eigenvalue weighted by Gasteiger charge is -2.22. The summed E-state index contributed by atoms with van der Waals surface area (Å²) in [7, 11) is -3.62. The molecule has 1 heterocycles. The van der Waals surface area contributed by atoms with Crippen LogP contribution in [0.4, 0.5) is 11.4 Å². The number of benzene rings is 2. The number of hydrogen-bond acceptors (Lipinski definition) is 4. The molecular formula is C20H22N2O4S. The number of fused-ring (bicyclic) bond motifs is 1. The minimum Gasteiger partial charge on any atom is -0.325 e. The molecule has 0 saturated carbocycles. The molecule has 142 valence electrons. The van der Waals surface area contributed by atoms with Crippen molar-refractivity contribution < 1.29 is 18.0 Å². The van der Waals surface area contributed by atoms with Crippen LogP contribution in [0, 0.1) is 13.8 Å². The third kappa shape index (κ3) is 3.88. The Labute approximate surface area is 159 Å². The van der Waals surface area contributed by atoms with E-state index in [0.29, 0.717) is 5.69 Å². The number of rotatable bonds is 3. The van der Waals surface area contributed by atoms with Crippen molar-refractivity contribution in [1.82, 2.24) is 0 Å². The highest BCUT2D eigenvalue weighted by Crippen LogP contribution is 2.33. The molecule has 0 saturated heterocycles. The Morgan fingerprint density at radius 1 is 1.15 bits per heavy atom. The minimum absolute atomic E-state index is 0.0857. The molecule has 27 heavy (non-hydrogen) atoms. The van der Waals surface area contributed by atoms with Gasteiger partial charge in [0, 0.05) is 12.1 Å². The van der Waals surface area contributed by atoms with Gasteiger partial charge in [-0.3, -0.25) is 9.59 Å². The molecular weight excluding hydrogens is 364 g/mol. The number of sulfone groups is 1. The molecule has 1 unspecified atom stereocenters. The Kier molecular flexibility index (Phi) is 5.06. The number of aryl methyl sites for hydroxylation is 2. The molecule has 0 fully saturated rings. The maximum Gasteiger partial charge on any atom is 0.244 e. The summed E-state index contributed by atoms with van der Waals surface area (Å²) in [5, 5.41) is 1.96. The van der Waals surface area contributed by atoms with E-state index < -0.39 is 15.1 Å².